The van der Waals surface area contributed by atoms with E-state index in [2.05, 4.69) is 34.8 Å². The molecular formula is C23H23IN2O5S. The van der Waals surface area contributed by atoms with E-state index in [9.17, 15) is 14.4 Å². The second-order valence-electron chi connectivity index (χ2n) is 6.94. The van der Waals surface area contributed by atoms with Gasteiger partial charge in [-0.15, -0.1) is 0 Å². The van der Waals surface area contributed by atoms with Crippen molar-refractivity contribution in [2.24, 2.45) is 0 Å². The summed E-state index contributed by atoms with van der Waals surface area (Å²) in [5.41, 5.74) is 1.30. The fourth-order valence-corrected chi connectivity index (χ4v) is 4.08. The highest BCUT2D eigenvalue weighted by atomic mass is 127. The number of carbonyl (C=O) groups is 3. The molecule has 0 aliphatic carbocycles. The largest absolute Gasteiger partial charge is 0.493 e. The van der Waals surface area contributed by atoms with Crippen molar-refractivity contribution in [2.75, 3.05) is 25.6 Å². The lowest BCUT2D eigenvalue weighted by atomic mass is 10.2. The monoisotopic (exact) mass is 566 g/mol. The van der Waals surface area contributed by atoms with E-state index in [0.29, 0.717) is 29.4 Å². The summed E-state index contributed by atoms with van der Waals surface area (Å²) in [5.74, 6) is 0.231. The minimum Gasteiger partial charge on any atom is -0.493 e. The van der Waals surface area contributed by atoms with Crippen LogP contribution in [0.3, 0.4) is 0 Å². The number of nitrogens with one attached hydrogen (secondary N) is 1. The van der Waals surface area contributed by atoms with E-state index in [0.717, 1.165) is 33.1 Å². The van der Waals surface area contributed by atoms with E-state index in [1.54, 1.807) is 43.5 Å². The molecule has 2 aromatic rings. The van der Waals surface area contributed by atoms with Crippen LogP contribution in [0.25, 0.3) is 6.08 Å². The number of thioether (sulfide) groups is 1. The normalized spacial score (nSPS) is 14.7. The summed E-state index contributed by atoms with van der Waals surface area (Å²) in [6, 6.07) is 12.5. The molecule has 0 atom stereocenters. The van der Waals surface area contributed by atoms with Crippen molar-refractivity contribution in [3.05, 3.63) is 56.5 Å². The fourth-order valence-electron chi connectivity index (χ4n) is 2.88. The van der Waals surface area contributed by atoms with Gasteiger partial charge in [0, 0.05) is 9.26 Å². The number of unbranched alkanes of at least 4 members (excludes halogenated alkanes) is 1. The maximum atomic E-state index is 12.7. The lowest BCUT2D eigenvalue weighted by molar-refractivity contribution is -0.127. The lowest BCUT2D eigenvalue weighted by Gasteiger charge is -2.12. The SMILES string of the molecule is CCCCOc1ccc(/C=C2\SC(=O)N(CC(=O)Nc3ccc(I)cc3)C2=O)cc1OC. The molecule has 1 aliphatic heterocycles. The first kappa shape index (κ1) is 24.1. The lowest BCUT2D eigenvalue weighted by Crippen LogP contribution is -2.36. The van der Waals surface area contributed by atoms with Crippen LogP contribution >= 0.6 is 34.4 Å². The zero-order valence-corrected chi connectivity index (χ0v) is 20.7. The third-order valence-corrected chi connectivity index (χ3v) is 6.17. The molecule has 0 aromatic heterocycles. The Labute approximate surface area is 204 Å². The van der Waals surface area contributed by atoms with Crippen LogP contribution in [-0.4, -0.2) is 42.2 Å². The van der Waals surface area contributed by atoms with Crippen LogP contribution in [0.4, 0.5) is 10.5 Å². The molecule has 1 saturated heterocycles. The quantitative estimate of drug-likeness (QED) is 0.257. The average molecular weight is 566 g/mol. The van der Waals surface area contributed by atoms with Gasteiger partial charge >= 0.3 is 0 Å². The number of methoxy groups -OCH3 is 1. The number of ether oxygens (including phenoxy) is 2. The molecule has 3 amide bonds. The second-order valence-corrected chi connectivity index (χ2v) is 9.17. The molecule has 7 nitrogen and oxygen atoms in total. The topological polar surface area (TPSA) is 84.9 Å². The Balaban J connectivity index is 1.68. The van der Waals surface area contributed by atoms with Gasteiger partial charge in [0.05, 0.1) is 18.6 Å². The summed E-state index contributed by atoms with van der Waals surface area (Å²) in [7, 11) is 1.55. The Morgan fingerprint density at radius 1 is 1.16 bits per heavy atom. The molecule has 2 aromatic carbocycles. The molecule has 0 radical (unpaired) electrons. The van der Waals surface area contributed by atoms with Crippen LogP contribution in [0, 0.1) is 3.57 Å². The van der Waals surface area contributed by atoms with Crippen LogP contribution in [0.1, 0.15) is 25.3 Å². The summed E-state index contributed by atoms with van der Waals surface area (Å²) in [4.78, 5) is 38.6. The summed E-state index contributed by atoms with van der Waals surface area (Å²) in [6.07, 6.45) is 3.58. The highest BCUT2D eigenvalue weighted by Gasteiger charge is 2.36. The van der Waals surface area contributed by atoms with Crippen LogP contribution in [0.5, 0.6) is 11.5 Å². The highest BCUT2D eigenvalue weighted by molar-refractivity contribution is 14.1. The first-order valence-corrected chi connectivity index (χ1v) is 11.9. The van der Waals surface area contributed by atoms with Gasteiger partial charge in [0.1, 0.15) is 6.54 Å². The molecular weight excluding hydrogens is 543 g/mol. The number of anilines is 1. The number of hydrogen-bond donors (Lipinski definition) is 1. The van der Waals surface area contributed by atoms with Crippen LogP contribution in [0.2, 0.25) is 0 Å². The van der Waals surface area contributed by atoms with Gasteiger partial charge in [-0.3, -0.25) is 19.3 Å². The highest BCUT2D eigenvalue weighted by Crippen LogP contribution is 2.34. The third kappa shape index (κ3) is 6.26. The maximum Gasteiger partial charge on any atom is 0.294 e. The smallest absolute Gasteiger partial charge is 0.294 e. The summed E-state index contributed by atoms with van der Waals surface area (Å²) < 4.78 is 12.1. The maximum absolute atomic E-state index is 12.7. The minimum absolute atomic E-state index is 0.249. The van der Waals surface area contributed by atoms with Gasteiger partial charge in [0.2, 0.25) is 5.91 Å². The second kappa shape index (κ2) is 11.4. The number of benzene rings is 2. The third-order valence-electron chi connectivity index (χ3n) is 4.54. The van der Waals surface area contributed by atoms with Gasteiger partial charge in [-0.2, -0.15) is 0 Å². The van der Waals surface area contributed by atoms with E-state index < -0.39 is 17.1 Å². The summed E-state index contributed by atoms with van der Waals surface area (Å²) in [6.45, 7) is 2.33. The van der Waals surface area contributed by atoms with E-state index in [1.165, 1.54) is 0 Å². The van der Waals surface area contributed by atoms with Crippen molar-refractivity contribution in [1.82, 2.24) is 4.90 Å². The molecule has 9 heteroatoms. The van der Waals surface area contributed by atoms with Gasteiger partial charge in [0.25, 0.3) is 11.1 Å². The molecule has 32 heavy (non-hydrogen) atoms. The zero-order chi connectivity index (χ0) is 23.1. The Kier molecular flexibility index (Phi) is 8.57. The molecule has 3 rings (SSSR count). The molecule has 0 bridgehead atoms. The molecule has 1 N–H and O–H groups in total. The van der Waals surface area contributed by atoms with Gasteiger partial charge in [-0.25, -0.2) is 0 Å². The average Bonchev–Trinajstić information content (AvgIpc) is 3.03. The number of imide groups is 1. The number of carbonyl (C=O) groups excluding carboxylic acids is 3. The Morgan fingerprint density at radius 3 is 2.59 bits per heavy atom. The summed E-state index contributed by atoms with van der Waals surface area (Å²) >= 11 is 2.97. The number of amides is 3. The van der Waals surface area contributed by atoms with Gasteiger partial charge < -0.3 is 14.8 Å². The van der Waals surface area contributed by atoms with Crippen molar-refractivity contribution in [3.63, 3.8) is 0 Å². The van der Waals surface area contributed by atoms with Crippen molar-refractivity contribution in [3.8, 4) is 11.5 Å². The van der Waals surface area contributed by atoms with Gasteiger partial charge in [-0.05, 0) is 88.8 Å². The number of halogens is 1. The van der Waals surface area contributed by atoms with E-state index in [1.807, 2.05) is 12.1 Å². The van der Waals surface area contributed by atoms with Gasteiger partial charge in [-0.1, -0.05) is 19.4 Å². The fraction of sp³-hybridized carbons (Fsp3) is 0.261. The predicted molar refractivity (Wildman–Crippen MR) is 134 cm³/mol. The van der Waals surface area contributed by atoms with E-state index >= 15 is 0 Å². The molecule has 0 unspecified atom stereocenters. The molecule has 0 saturated carbocycles. The standard InChI is InChI=1S/C23H23IN2O5S/c1-3-4-11-31-18-10-5-15(12-19(18)30-2)13-20-22(28)26(23(29)32-20)14-21(27)25-17-8-6-16(24)7-9-17/h5-10,12-13H,3-4,11,14H2,1-2H3,(H,25,27)/b20-13-. The van der Waals surface area contributed by atoms with Crippen LogP contribution in [-0.2, 0) is 9.59 Å². The van der Waals surface area contributed by atoms with Crippen molar-refractivity contribution in [1.29, 1.82) is 0 Å². The predicted octanol–water partition coefficient (Wildman–Crippen LogP) is 5.15. The number of nitrogens with zero attached hydrogens (tertiary/aromatic N) is 1. The van der Waals surface area contributed by atoms with E-state index in [-0.39, 0.29) is 11.4 Å². The Bertz CT molecular complexity index is 1040. The van der Waals surface area contributed by atoms with Crippen molar-refractivity contribution in [2.45, 2.75) is 19.8 Å². The molecule has 1 aliphatic rings. The van der Waals surface area contributed by atoms with Crippen LogP contribution in [0.15, 0.2) is 47.4 Å². The minimum atomic E-state index is -0.500. The number of rotatable bonds is 9. The van der Waals surface area contributed by atoms with Crippen LogP contribution < -0.4 is 14.8 Å². The first-order chi connectivity index (χ1) is 15.4. The first-order valence-electron chi connectivity index (χ1n) is 10.0. The van der Waals surface area contributed by atoms with E-state index in [4.69, 9.17) is 9.47 Å². The van der Waals surface area contributed by atoms with Crippen molar-refractivity contribution >= 4 is 63.2 Å². The van der Waals surface area contributed by atoms with Gasteiger partial charge in [0.15, 0.2) is 11.5 Å². The number of hydrogen-bond acceptors (Lipinski definition) is 6. The Hall–Kier alpha value is -2.53. The zero-order valence-electron chi connectivity index (χ0n) is 17.7. The molecule has 0 spiro atoms. The van der Waals surface area contributed by atoms with Crippen molar-refractivity contribution < 1.29 is 23.9 Å². The molecule has 1 heterocycles. The Morgan fingerprint density at radius 2 is 1.91 bits per heavy atom. The molecule has 1 fully saturated rings. The summed E-state index contributed by atoms with van der Waals surface area (Å²) in [5, 5.41) is 2.22. The molecule has 168 valence electrons.